The Balaban J connectivity index is 2.76. The molecule has 0 bridgehead atoms. The van der Waals surface area contributed by atoms with Crippen molar-refractivity contribution < 1.29 is 4.79 Å². The van der Waals surface area contributed by atoms with Crippen LogP contribution in [-0.2, 0) is 0 Å². The highest BCUT2D eigenvalue weighted by molar-refractivity contribution is 7.19. The van der Waals surface area contributed by atoms with Crippen molar-refractivity contribution in [3.05, 3.63) is 34.2 Å². The molecule has 3 heteroatoms. The summed E-state index contributed by atoms with van der Waals surface area (Å²) in [4.78, 5) is 12.3. The molecule has 1 aromatic carbocycles. The Labute approximate surface area is 86.3 Å². The number of hydrogen-bond acceptors (Lipinski definition) is 2. The lowest BCUT2D eigenvalue weighted by Gasteiger charge is -1.96. The van der Waals surface area contributed by atoms with Gasteiger partial charge in [0.2, 0.25) is 5.91 Å². The summed E-state index contributed by atoms with van der Waals surface area (Å²) in [6.45, 7) is 4.16. The average molecular weight is 205 g/mol. The minimum Gasteiger partial charge on any atom is -0.366 e. The van der Waals surface area contributed by atoms with Crippen LogP contribution in [0.3, 0.4) is 0 Å². The summed E-state index contributed by atoms with van der Waals surface area (Å²) in [5.74, 6) is -0.366. The molecule has 0 aliphatic heterocycles. The third kappa shape index (κ3) is 1.30. The predicted octanol–water partition coefficient (Wildman–Crippen LogP) is 2.62. The van der Waals surface area contributed by atoms with E-state index >= 15 is 0 Å². The van der Waals surface area contributed by atoms with Crippen LogP contribution in [0.4, 0.5) is 0 Å². The van der Waals surface area contributed by atoms with Crippen molar-refractivity contribution in [2.45, 2.75) is 13.8 Å². The van der Waals surface area contributed by atoms with Crippen LogP contribution in [0.25, 0.3) is 10.1 Å². The van der Waals surface area contributed by atoms with Crippen LogP contribution in [0.1, 0.15) is 20.8 Å². The Hall–Kier alpha value is -1.35. The van der Waals surface area contributed by atoms with Gasteiger partial charge in [-0.15, -0.1) is 11.3 Å². The molecule has 0 atom stereocenters. The van der Waals surface area contributed by atoms with Crippen molar-refractivity contribution >= 4 is 27.3 Å². The highest BCUT2D eigenvalue weighted by Gasteiger charge is 2.07. The van der Waals surface area contributed by atoms with E-state index in [0.717, 1.165) is 5.39 Å². The molecule has 0 unspecified atom stereocenters. The maximum atomic E-state index is 11.0. The molecule has 0 fully saturated rings. The van der Waals surface area contributed by atoms with Crippen LogP contribution in [0.2, 0.25) is 0 Å². The zero-order valence-electron chi connectivity index (χ0n) is 8.13. The molecule has 0 aliphatic rings. The fourth-order valence-corrected chi connectivity index (χ4v) is 2.55. The number of carbonyl (C=O) groups excluding carboxylic acids is 1. The molecule has 2 nitrogen and oxygen atoms in total. The van der Waals surface area contributed by atoms with Gasteiger partial charge in [-0.05, 0) is 43.0 Å². The van der Waals surface area contributed by atoms with E-state index < -0.39 is 0 Å². The number of rotatable bonds is 1. The van der Waals surface area contributed by atoms with Crippen LogP contribution >= 0.6 is 11.3 Å². The second kappa shape index (κ2) is 3.10. The fourth-order valence-electron chi connectivity index (χ4n) is 1.50. The molecule has 0 radical (unpaired) electrons. The first-order valence-corrected chi connectivity index (χ1v) is 5.21. The summed E-state index contributed by atoms with van der Waals surface area (Å²) < 4.78 is 1.21. The van der Waals surface area contributed by atoms with Crippen LogP contribution in [0.5, 0.6) is 0 Å². The molecule has 1 amide bonds. The molecule has 2 aromatic rings. The summed E-state index contributed by atoms with van der Waals surface area (Å²) in [6, 6.07) is 5.61. The molecule has 72 valence electrons. The molecule has 1 aromatic heterocycles. The Kier molecular flexibility index (Phi) is 2.04. The van der Waals surface area contributed by atoms with Gasteiger partial charge >= 0.3 is 0 Å². The van der Waals surface area contributed by atoms with E-state index in [-0.39, 0.29) is 5.91 Å². The van der Waals surface area contributed by atoms with Crippen molar-refractivity contribution in [2.75, 3.05) is 0 Å². The summed E-state index contributed by atoms with van der Waals surface area (Å²) in [5, 5.41) is 1.14. The third-order valence-electron chi connectivity index (χ3n) is 2.46. The van der Waals surface area contributed by atoms with Gasteiger partial charge in [-0.2, -0.15) is 0 Å². The van der Waals surface area contributed by atoms with Gasteiger partial charge in [0.15, 0.2) is 0 Å². The lowest BCUT2D eigenvalue weighted by Crippen LogP contribution is -2.10. The fraction of sp³-hybridized carbons (Fsp3) is 0.182. The molecule has 1 heterocycles. The van der Waals surface area contributed by atoms with Gasteiger partial charge in [0, 0.05) is 15.1 Å². The van der Waals surface area contributed by atoms with Crippen molar-refractivity contribution in [1.29, 1.82) is 0 Å². The molecule has 0 aliphatic carbocycles. The monoisotopic (exact) mass is 205 g/mol. The van der Waals surface area contributed by atoms with E-state index in [1.54, 1.807) is 17.4 Å². The number of primary amides is 1. The summed E-state index contributed by atoms with van der Waals surface area (Å²) in [5.41, 5.74) is 7.05. The maximum Gasteiger partial charge on any atom is 0.248 e. The topological polar surface area (TPSA) is 43.1 Å². The quantitative estimate of drug-likeness (QED) is 0.764. The largest absolute Gasteiger partial charge is 0.366 e. The van der Waals surface area contributed by atoms with Crippen molar-refractivity contribution in [3.63, 3.8) is 0 Å². The first-order chi connectivity index (χ1) is 6.59. The second-order valence-corrected chi connectivity index (χ2v) is 4.61. The number of thiophene rings is 1. The minimum absolute atomic E-state index is 0.366. The summed E-state index contributed by atoms with van der Waals surface area (Å²) in [6.07, 6.45) is 0. The number of amides is 1. The zero-order chi connectivity index (χ0) is 10.3. The molecule has 0 saturated heterocycles. The van der Waals surface area contributed by atoms with E-state index in [0.29, 0.717) is 5.56 Å². The van der Waals surface area contributed by atoms with Crippen LogP contribution < -0.4 is 5.73 Å². The van der Waals surface area contributed by atoms with Gasteiger partial charge in [-0.25, -0.2) is 0 Å². The molecule has 2 N–H and O–H groups in total. The molecule has 0 spiro atoms. The van der Waals surface area contributed by atoms with Gasteiger partial charge in [0.05, 0.1) is 0 Å². The van der Waals surface area contributed by atoms with Crippen molar-refractivity contribution in [3.8, 4) is 0 Å². The van der Waals surface area contributed by atoms with Gasteiger partial charge in [0.25, 0.3) is 0 Å². The highest BCUT2D eigenvalue weighted by atomic mass is 32.1. The van der Waals surface area contributed by atoms with E-state index in [1.165, 1.54) is 15.1 Å². The molecule has 0 saturated carbocycles. The summed E-state index contributed by atoms with van der Waals surface area (Å²) >= 11 is 1.75. The van der Waals surface area contributed by atoms with Crippen molar-refractivity contribution in [1.82, 2.24) is 0 Å². The molecule has 2 rings (SSSR count). The Bertz CT molecular complexity index is 513. The number of aryl methyl sites for hydroxylation is 2. The number of fused-ring (bicyclic) bond motifs is 1. The summed E-state index contributed by atoms with van der Waals surface area (Å²) in [7, 11) is 0. The van der Waals surface area contributed by atoms with Crippen LogP contribution in [0, 0.1) is 13.8 Å². The smallest absolute Gasteiger partial charge is 0.248 e. The van der Waals surface area contributed by atoms with E-state index in [2.05, 4.69) is 13.8 Å². The average Bonchev–Trinajstić information content (AvgIpc) is 2.43. The van der Waals surface area contributed by atoms with Gasteiger partial charge in [0.1, 0.15) is 0 Å². The predicted molar refractivity (Wildman–Crippen MR) is 59.8 cm³/mol. The Morgan fingerprint density at radius 2 is 2.07 bits per heavy atom. The number of hydrogen-bond donors (Lipinski definition) is 1. The van der Waals surface area contributed by atoms with Gasteiger partial charge in [-0.1, -0.05) is 0 Å². The highest BCUT2D eigenvalue weighted by Crippen LogP contribution is 2.30. The van der Waals surface area contributed by atoms with E-state index in [4.69, 9.17) is 5.73 Å². The van der Waals surface area contributed by atoms with Crippen LogP contribution in [0.15, 0.2) is 18.2 Å². The molecular formula is C11H11NOS. The number of benzene rings is 1. The first-order valence-electron chi connectivity index (χ1n) is 4.39. The molecular weight excluding hydrogens is 194 g/mol. The normalized spacial score (nSPS) is 10.7. The van der Waals surface area contributed by atoms with Gasteiger partial charge in [-0.3, -0.25) is 4.79 Å². The first kappa shape index (κ1) is 9.21. The Morgan fingerprint density at radius 3 is 2.71 bits per heavy atom. The van der Waals surface area contributed by atoms with Crippen LogP contribution in [-0.4, -0.2) is 5.91 Å². The number of carbonyl (C=O) groups is 1. The zero-order valence-corrected chi connectivity index (χ0v) is 8.94. The second-order valence-electron chi connectivity index (χ2n) is 3.36. The lowest BCUT2D eigenvalue weighted by atomic mass is 10.1. The van der Waals surface area contributed by atoms with Gasteiger partial charge < -0.3 is 5.73 Å². The van der Waals surface area contributed by atoms with E-state index in [1.807, 2.05) is 12.1 Å². The van der Waals surface area contributed by atoms with Crippen molar-refractivity contribution in [2.24, 2.45) is 5.73 Å². The Morgan fingerprint density at radius 1 is 1.36 bits per heavy atom. The lowest BCUT2D eigenvalue weighted by molar-refractivity contribution is 0.100. The standard InChI is InChI=1S/C11H11NOS/c1-6-7(2)14-10-4-3-8(11(12)13)5-9(6)10/h3-5H,1-2H3,(H2,12,13). The number of nitrogens with two attached hydrogens (primary N) is 1. The minimum atomic E-state index is -0.366. The maximum absolute atomic E-state index is 11.0. The van der Waals surface area contributed by atoms with E-state index in [9.17, 15) is 4.79 Å². The molecule has 14 heavy (non-hydrogen) atoms. The SMILES string of the molecule is Cc1sc2ccc(C(N)=O)cc2c1C. The third-order valence-corrected chi connectivity index (χ3v) is 3.65.